The van der Waals surface area contributed by atoms with Crippen molar-refractivity contribution in [1.29, 1.82) is 0 Å². The summed E-state index contributed by atoms with van der Waals surface area (Å²) in [5.74, 6) is -0.466. The number of hydrogen-bond donors (Lipinski definition) is 1. The first-order valence-electron chi connectivity index (χ1n) is 11.4. The number of thioether (sulfide) groups is 1. The number of esters is 1. The van der Waals surface area contributed by atoms with Crippen molar-refractivity contribution in [2.45, 2.75) is 52.8 Å². The van der Waals surface area contributed by atoms with E-state index in [0.29, 0.717) is 17.8 Å². The van der Waals surface area contributed by atoms with Gasteiger partial charge in [0.2, 0.25) is 5.91 Å². The van der Waals surface area contributed by atoms with Gasteiger partial charge in [0.25, 0.3) is 0 Å². The SMILES string of the molecule is CC1=C(C(=O)OC(C)C)[C@H](c2ccccc2C)N2C(CC(=O)NCc3ccccc3)=CSC2=N1. The van der Waals surface area contributed by atoms with Crippen LogP contribution in [0.1, 0.15) is 49.9 Å². The zero-order chi connectivity index (χ0) is 24.2. The highest BCUT2D eigenvalue weighted by Crippen LogP contribution is 2.45. The van der Waals surface area contributed by atoms with Gasteiger partial charge in [-0.2, -0.15) is 0 Å². The van der Waals surface area contributed by atoms with Crippen LogP contribution in [0.15, 0.2) is 82.0 Å². The van der Waals surface area contributed by atoms with Gasteiger partial charge in [0.15, 0.2) is 5.17 Å². The van der Waals surface area contributed by atoms with E-state index in [4.69, 9.17) is 9.73 Å². The number of hydrogen-bond acceptors (Lipinski definition) is 6. The molecule has 4 rings (SSSR count). The summed E-state index contributed by atoms with van der Waals surface area (Å²) in [6.45, 7) is 8.01. The average Bonchev–Trinajstić information content (AvgIpc) is 3.19. The van der Waals surface area contributed by atoms with E-state index in [1.54, 1.807) is 0 Å². The van der Waals surface area contributed by atoms with Crippen molar-refractivity contribution < 1.29 is 14.3 Å². The van der Waals surface area contributed by atoms with Crippen LogP contribution in [0, 0.1) is 6.92 Å². The number of carbonyl (C=O) groups excluding carboxylic acids is 2. The molecule has 0 fully saturated rings. The summed E-state index contributed by atoms with van der Waals surface area (Å²) in [5, 5.41) is 5.71. The molecule has 2 aromatic rings. The van der Waals surface area contributed by atoms with Crippen molar-refractivity contribution in [3.63, 3.8) is 0 Å². The number of ether oxygens (including phenoxy) is 1. The Morgan fingerprint density at radius 3 is 2.50 bits per heavy atom. The van der Waals surface area contributed by atoms with Crippen molar-refractivity contribution in [1.82, 2.24) is 10.2 Å². The van der Waals surface area contributed by atoms with Gasteiger partial charge in [-0.3, -0.25) is 4.79 Å². The molecule has 7 heteroatoms. The number of amidine groups is 1. The number of allylic oxidation sites excluding steroid dienone is 1. The molecule has 0 aromatic heterocycles. The fourth-order valence-corrected chi connectivity index (χ4v) is 5.08. The molecule has 0 bridgehead atoms. The molecule has 1 N–H and O–H groups in total. The van der Waals surface area contributed by atoms with Crippen LogP contribution in [0.5, 0.6) is 0 Å². The summed E-state index contributed by atoms with van der Waals surface area (Å²) < 4.78 is 5.61. The summed E-state index contributed by atoms with van der Waals surface area (Å²) in [6, 6.07) is 17.4. The third-order valence-electron chi connectivity index (χ3n) is 5.72. The van der Waals surface area contributed by atoms with Gasteiger partial charge in [0, 0.05) is 12.2 Å². The first kappa shape index (κ1) is 23.8. The van der Waals surface area contributed by atoms with Crippen molar-refractivity contribution in [3.8, 4) is 0 Å². The van der Waals surface area contributed by atoms with Crippen LogP contribution < -0.4 is 5.32 Å². The normalized spacial score (nSPS) is 17.3. The topological polar surface area (TPSA) is 71.0 Å². The lowest BCUT2D eigenvalue weighted by Gasteiger charge is -2.37. The van der Waals surface area contributed by atoms with Gasteiger partial charge in [-0.1, -0.05) is 66.4 Å². The lowest BCUT2D eigenvalue weighted by molar-refractivity contribution is -0.143. The highest BCUT2D eigenvalue weighted by molar-refractivity contribution is 8.16. The van der Waals surface area contributed by atoms with Crippen LogP contribution in [-0.2, 0) is 20.9 Å². The Bertz CT molecular complexity index is 1180. The maximum absolute atomic E-state index is 13.2. The second-order valence-electron chi connectivity index (χ2n) is 8.64. The number of rotatable bonds is 7. The first-order valence-corrected chi connectivity index (χ1v) is 12.2. The standard InChI is InChI=1S/C27H29N3O3S/c1-17(2)33-26(32)24-19(4)29-27-30(25(24)22-13-9-8-10-18(22)3)21(16-34-27)14-23(31)28-15-20-11-6-5-7-12-20/h5-13,16-17,25H,14-15H2,1-4H3,(H,28,31)/t25-/m0/s1. The average molecular weight is 476 g/mol. The number of carbonyl (C=O) groups is 2. The van der Waals surface area contributed by atoms with E-state index in [1.807, 2.05) is 92.6 Å². The maximum Gasteiger partial charge on any atom is 0.338 e. The van der Waals surface area contributed by atoms with Gasteiger partial charge in [0.1, 0.15) is 0 Å². The summed E-state index contributed by atoms with van der Waals surface area (Å²) in [6.07, 6.45) is -0.0605. The van der Waals surface area contributed by atoms with Crippen molar-refractivity contribution in [2.75, 3.05) is 0 Å². The molecule has 0 saturated heterocycles. The molecule has 6 nitrogen and oxygen atoms in total. The van der Waals surface area contributed by atoms with Crippen LogP contribution in [0.3, 0.4) is 0 Å². The molecule has 34 heavy (non-hydrogen) atoms. The van der Waals surface area contributed by atoms with E-state index in [0.717, 1.165) is 27.6 Å². The van der Waals surface area contributed by atoms with Crippen LogP contribution in [-0.4, -0.2) is 28.0 Å². The van der Waals surface area contributed by atoms with E-state index in [-0.39, 0.29) is 24.4 Å². The molecule has 2 aliphatic heterocycles. The molecular formula is C27H29N3O3S. The Morgan fingerprint density at radius 2 is 1.79 bits per heavy atom. The molecule has 0 unspecified atom stereocenters. The van der Waals surface area contributed by atoms with Crippen molar-refractivity contribution in [2.24, 2.45) is 4.99 Å². The van der Waals surface area contributed by atoms with Gasteiger partial charge in [-0.25, -0.2) is 9.79 Å². The number of fused-ring (bicyclic) bond motifs is 1. The quantitative estimate of drug-likeness (QED) is 0.556. The third kappa shape index (κ3) is 5.09. The molecule has 0 spiro atoms. The molecule has 2 aromatic carbocycles. The van der Waals surface area contributed by atoms with Gasteiger partial charge < -0.3 is 15.0 Å². The molecule has 0 aliphatic carbocycles. The number of benzene rings is 2. The molecule has 176 valence electrons. The predicted molar refractivity (Wildman–Crippen MR) is 136 cm³/mol. The summed E-state index contributed by atoms with van der Waals surface area (Å²) in [7, 11) is 0. The molecule has 0 radical (unpaired) electrons. The van der Waals surface area contributed by atoms with E-state index in [9.17, 15) is 9.59 Å². The Kier molecular flexibility index (Phi) is 7.22. The lowest BCUT2D eigenvalue weighted by atomic mass is 9.91. The number of aryl methyl sites for hydroxylation is 1. The number of nitrogens with one attached hydrogen (secondary N) is 1. The van der Waals surface area contributed by atoms with Gasteiger partial charge >= 0.3 is 5.97 Å². The van der Waals surface area contributed by atoms with Crippen LogP contribution >= 0.6 is 11.8 Å². The van der Waals surface area contributed by atoms with Crippen LogP contribution in [0.25, 0.3) is 0 Å². The highest BCUT2D eigenvalue weighted by atomic mass is 32.2. The maximum atomic E-state index is 13.2. The minimum atomic E-state index is -0.414. The molecular weight excluding hydrogens is 446 g/mol. The Balaban J connectivity index is 1.63. The van der Waals surface area contributed by atoms with Gasteiger partial charge in [-0.05, 0) is 49.8 Å². The summed E-state index contributed by atoms with van der Waals surface area (Å²) in [4.78, 5) is 32.8. The predicted octanol–water partition coefficient (Wildman–Crippen LogP) is 5.23. The first-order chi connectivity index (χ1) is 16.3. The lowest BCUT2D eigenvalue weighted by Crippen LogP contribution is -2.38. The third-order valence-corrected chi connectivity index (χ3v) is 6.61. The van der Waals surface area contributed by atoms with Crippen LogP contribution in [0.2, 0.25) is 0 Å². The Labute approximate surface area is 204 Å². The minimum absolute atomic E-state index is 0.0851. The van der Waals surface area contributed by atoms with Crippen molar-refractivity contribution in [3.05, 3.63) is 93.7 Å². The number of amides is 1. The van der Waals surface area contributed by atoms with Gasteiger partial charge in [-0.15, -0.1) is 0 Å². The van der Waals surface area contributed by atoms with Crippen molar-refractivity contribution >= 4 is 28.8 Å². The molecule has 1 atom stereocenters. The van der Waals surface area contributed by atoms with E-state index >= 15 is 0 Å². The molecule has 2 heterocycles. The molecule has 0 saturated carbocycles. The largest absolute Gasteiger partial charge is 0.459 e. The zero-order valence-electron chi connectivity index (χ0n) is 19.9. The van der Waals surface area contributed by atoms with E-state index in [1.165, 1.54) is 11.8 Å². The second-order valence-corrected chi connectivity index (χ2v) is 9.48. The fourth-order valence-electron chi connectivity index (χ4n) is 4.12. The summed E-state index contributed by atoms with van der Waals surface area (Å²) >= 11 is 1.47. The monoisotopic (exact) mass is 475 g/mol. The zero-order valence-corrected chi connectivity index (χ0v) is 20.7. The summed E-state index contributed by atoms with van der Waals surface area (Å²) in [5.41, 5.74) is 5.04. The van der Waals surface area contributed by atoms with Crippen LogP contribution in [0.4, 0.5) is 0 Å². The minimum Gasteiger partial charge on any atom is -0.459 e. The number of nitrogens with zero attached hydrogens (tertiary/aromatic N) is 2. The van der Waals surface area contributed by atoms with Gasteiger partial charge in [0.05, 0.1) is 29.8 Å². The number of aliphatic imine (C=N–C) groups is 1. The smallest absolute Gasteiger partial charge is 0.338 e. The molecule has 2 aliphatic rings. The highest BCUT2D eigenvalue weighted by Gasteiger charge is 2.41. The Morgan fingerprint density at radius 1 is 1.09 bits per heavy atom. The van der Waals surface area contributed by atoms with E-state index in [2.05, 4.69) is 5.32 Å². The Hall–Kier alpha value is -3.32. The fraction of sp³-hybridized carbons (Fsp3) is 0.296. The van der Waals surface area contributed by atoms with E-state index < -0.39 is 6.04 Å². The molecule has 1 amide bonds. The second kappa shape index (κ2) is 10.3.